The van der Waals surface area contributed by atoms with Crippen LogP contribution in [-0.2, 0) is 19.1 Å². The molecule has 1 heterocycles. The lowest BCUT2D eigenvalue weighted by atomic mass is 9.96. The lowest BCUT2D eigenvalue weighted by Crippen LogP contribution is -2.41. The normalized spacial score (nSPS) is 17.4. The van der Waals surface area contributed by atoms with Gasteiger partial charge in [0.1, 0.15) is 0 Å². The van der Waals surface area contributed by atoms with Gasteiger partial charge in [-0.2, -0.15) is 0 Å². The second-order valence-electron chi connectivity index (χ2n) is 4.87. The van der Waals surface area contributed by atoms with Gasteiger partial charge in [0.2, 0.25) is 5.91 Å². The Morgan fingerprint density at radius 2 is 1.70 bits per heavy atom. The number of ether oxygens (including phenoxy) is 1. The van der Waals surface area contributed by atoms with E-state index in [4.69, 9.17) is 9.84 Å². The topological polar surface area (TPSA) is 83.9 Å². The molecular formula is C14H21NO5. The first-order chi connectivity index (χ1) is 9.38. The fourth-order valence-corrected chi connectivity index (χ4v) is 2.14. The van der Waals surface area contributed by atoms with Crippen molar-refractivity contribution in [1.29, 1.82) is 0 Å². The van der Waals surface area contributed by atoms with Crippen LogP contribution in [0.3, 0.4) is 0 Å². The van der Waals surface area contributed by atoms with E-state index in [0.29, 0.717) is 32.5 Å². The van der Waals surface area contributed by atoms with E-state index in [9.17, 15) is 14.4 Å². The second kappa shape index (κ2) is 7.07. The number of hydrogen-bond donors (Lipinski definition) is 1. The first-order valence-corrected chi connectivity index (χ1v) is 6.75. The van der Waals surface area contributed by atoms with E-state index in [-0.39, 0.29) is 28.9 Å². The molecule has 0 atom stereocenters. The van der Waals surface area contributed by atoms with E-state index >= 15 is 0 Å². The standard InChI is InChI=1S/C14H21NO5/c1-4-20-14(19)11-5-7-15(8-6-11)12(16)9(2)10(3)13(17)18/h11H,4-8H2,1-3H3,(H,17,18). The van der Waals surface area contributed by atoms with Crippen LogP contribution < -0.4 is 0 Å². The van der Waals surface area contributed by atoms with Crippen LogP contribution in [0.15, 0.2) is 11.1 Å². The van der Waals surface area contributed by atoms with Gasteiger partial charge in [-0.1, -0.05) is 0 Å². The van der Waals surface area contributed by atoms with Crippen molar-refractivity contribution in [2.45, 2.75) is 33.6 Å². The summed E-state index contributed by atoms with van der Waals surface area (Å²) in [4.78, 5) is 36.2. The Balaban J connectivity index is 2.62. The highest BCUT2D eigenvalue weighted by molar-refractivity contribution is 6.01. The van der Waals surface area contributed by atoms with E-state index in [2.05, 4.69) is 0 Å². The van der Waals surface area contributed by atoms with Crippen molar-refractivity contribution in [3.63, 3.8) is 0 Å². The molecule has 0 bridgehead atoms. The van der Waals surface area contributed by atoms with Crippen LogP contribution in [0.4, 0.5) is 0 Å². The first kappa shape index (κ1) is 16.2. The third-order valence-corrected chi connectivity index (χ3v) is 3.61. The minimum absolute atomic E-state index is 0.0579. The van der Waals surface area contributed by atoms with Crippen LogP contribution in [0, 0.1) is 5.92 Å². The van der Waals surface area contributed by atoms with Gasteiger partial charge in [-0.05, 0) is 33.6 Å². The molecule has 0 aliphatic carbocycles. The largest absolute Gasteiger partial charge is 0.478 e. The number of amides is 1. The summed E-state index contributed by atoms with van der Waals surface area (Å²) in [5.41, 5.74) is 0.301. The molecule has 1 N–H and O–H groups in total. The number of carbonyl (C=O) groups excluding carboxylic acids is 2. The van der Waals surface area contributed by atoms with Gasteiger partial charge in [-0.15, -0.1) is 0 Å². The summed E-state index contributed by atoms with van der Waals surface area (Å²) in [5, 5.41) is 8.88. The van der Waals surface area contributed by atoms with Gasteiger partial charge in [-0.25, -0.2) is 4.79 Å². The van der Waals surface area contributed by atoms with Crippen molar-refractivity contribution < 1.29 is 24.2 Å². The number of aliphatic carboxylic acids is 1. The minimum Gasteiger partial charge on any atom is -0.478 e. The Bertz CT molecular complexity index is 433. The second-order valence-corrected chi connectivity index (χ2v) is 4.87. The van der Waals surface area contributed by atoms with Gasteiger partial charge in [0.25, 0.3) is 0 Å². The summed E-state index contributed by atoms with van der Waals surface area (Å²) < 4.78 is 4.96. The third-order valence-electron chi connectivity index (χ3n) is 3.61. The summed E-state index contributed by atoms with van der Waals surface area (Å²) in [7, 11) is 0. The molecule has 20 heavy (non-hydrogen) atoms. The molecule has 1 aliphatic heterocycles. The molecule has 1 rings (SSSR count). The van der Waals surface area contributed by atoms with Crippen LogP contribution in [0.5, 0.6) is 0 Å². The monoisotopic (exact) mass is 283 g/mol. The maximum atomic E-state index is 12.1. The van der Waals surface area contributed by atoms with Gasteiger partial charge in [-0.3, -0.25) is 9.59 Å². The van der Waals surface area contributed by atoms with E-state index in [1.54, 1.807) is 11.8 Å². The summed E-state index contributed by atoms with van der Waals surface area (Å²) in [6.45, 7) is 5.96. The molecule has 0 radical (unpaired) electrons. The molecule has 0 aromatic rings. The fraction of sp³-hybridized carbons (Fsp3) is 0.643. The van der Waals surface area contributed by atoms with Gasteiger partial charge in [0, 0.05) is 24.2 Å². The van der Waals surface area contributed by atoms with Gasteiger partial charge < -0.3 is 14.7 Å². The predicted octanol–water partition coefficient (Wildman–Crippen LogP) is 1.21. The number of carboxylic acids is 1. The molecule has 0 aromatic carbocycles. The molecule has 1 aliphatic rings. The number of piperidine rings is 1. The Morgan fingerprint density at radius 3 is 2.15 bits per heavy atom. The highest BCUT2D eigenvalue weighted by Crippen LogP contribution is 2.20. The van der Waals surface area contributed by atoms with Crippen molar-refractivity contribution in [1.82, 2.24) is 4.90 Å². The molecule has 0 aromatic heterocycles. The number of carbonyl (C=O) groups is 3. The van der Waals surface area contributed by atoms with Crippen LogP contribution in [0.25, 0.3) is 0 Å². The maximum Gasteiger partial charge on any atom is 0.331 e. The van der Waals surface area contributed by atoms with Gasteiger partial charge in [0.15, 0.2) is 0 Å². The molecule has 112 valence electrons. The number of nitrogens with zero attached hydrogens (tertiary/aromatic N) is 1. The zero-order valence-corrected chi connectivity index (χ0v) is 12.1. The predicted molar refractivity (Wildman–Crippen MR) is 71.9 cm³/mol. The molecule has 0 saturated carbocycles. The van der Waals surface area contributed by atoms with Gasteiger partial charge >= 0.3 is 11.9 Å². The van der Waals surface area contributed by atoms with Crippen LogP contribution in [0.1, 0.15) is 33.6 Å². The minimum atomic E-state index is -1.09. The van der Waals surface area contributed by atoms with Crippen LogP contribution >= 0.6 is 0 Å². The Kier molecular flexibility index (Phi) is 5.73. The zero-order chi connectivity index (χ0) is 15.3. The number of rotatable bonds is 4. The average molecular weight is 283 g/mol. The molecule has 1 amide bonds. The molecule has 1 saturated heterocycles. The molecule has 1 fully saturated rings. The SMILES string of the molecule is CCOC(=O)C1CCN(C(=O)C(C)=C(C)C(=O)O)CC1. The van der Waals surface area contributed by atoms with Crippen molar-refractivity contribution in [2.75, 3.05) is 19.7 Å². The van der Waals surface area contributed by atoms with Crippen LogP contribution in [0.2, 0.25) is 0 Å². The van der Waals surface area contributed by atoms with Crippen LogP contribution in [-0.4, -0.2) is 47.5 Å². The van der Waals surface area contributed by atoms with Crippen molar-refractivity contribution in [2.24, 2.45) is 5.92 Å². The van der Waals surface area contributed by atoms with Crippen molar-refractivity contribution >= 4 is 17.8 Å². The highest BCUT2D eigenvalue weighted by atomic mass is 16.5. The number of esters is 1. The van der Waals surface area contributed by atoms with Crippen molar-refractivity contribution in [3.05, 3.63) is 11.1 Å². The number of carboxylic acid groups (broad SMARTS) is 1. The summed E-state index contributed by atoms with van der Waals surface area (Å²) in [5.74, 6) is -1.73. The lowest BCUT2D eigenvalue weighted by Gasteiger charge is -2.31. The fourth-order valence-electron chi connectivity index (χ4n) is 2.14. The van der Waals surface area contributed by atoms with E-state index in [1.807, 2.05) is 0 Å². The third kappa shape index (κ3) is 3.82. The molecule has 0 unspecified atom stereocenters. The van der Waals surface area contributed by atoms with E-state index in [1.165, 1.54) is 13.8 Å². The summed E-state index contributed by atoms with van der Waals surface area (Å²) >= 11 is 0. The Hall–Kier alpha value is -1.85. The first-order valence-electron chi connectivity index (χ1n) is 6.75. The van der Waals surface area contributed by atoms with Gasteiger partial charge in [0.05, 0.1) is 12.5 Å². The molecule has 6 heteroatoms. The average Bonchev–Trinajstić information content (AvgIpc) is 2.45. The number of hydrogen-bond acceptors (Lipinski definition) is 4. The summed E-state index contributed by atoms with van der Waals surface area (Å²) in [6.07, 6.45) is 1.12. The van der Waals surface area contributed by atoms with E-state index < -0.39 is 5.97 Å². The quantitative estimate of drug-likeness (QED) is 0.619. The lowest BCUT2D eigenvalue weighted by molar-refractivity contribution is -0.150. The Labute approximate surface area is 118 Å². The molecule has 6 nitrogen and oxygen atoms in total. The number of likely N-dealkylation sites (tertiary alicyclic amines) is 1. The molecular weight excluding hydrogens is 262 g/mol. The summed E-state index contributed by atoms with van der Waals surface area (Å²) in [6, 6.07) is 0. The van der Waals surface area contributed by atoms with E-state index in [0.717, 1.165) is 0 Å². The highest BCUT2D eigenvalue weighted by Gasteiger charge is 2.29. The molecule has 0 spiro atoms. The van der Waals surface area contributed by atoms with Crippen molar-refractivity contribution in [3.8, 4) is 0 Å². The smallest absolute Gasteiger partial charge is 0.331 e. The maximum absolute atomic E-state index is 12.1. The zero-order valence-electron chi connectivity index (χ0n) is 12.1. The Morgan fingerprint density at radius 1 is 1.15 bits per heavy atom.